The largest absolute Gasteiger partial charge is 0.434 e. The second-order valence-electron chi connectivity index (χ2n) is 13.6. The number of nitrogens with zero attached hydrogens (tertiary/aromatic N) is 8. The van der Waals surface area contributed by atoms with Gasteiger partial charge in [0, 0.05) is 66.9 Å². The van der Waals surface area contributed by atoms with Crippen molar-refractivity contribution >= 4 is 5.82 Å². The molecule has 1 aromatic carbocycles. The topological polar surface area (TPSA) is 83.4 Å². The molecular formula is C32H41FN8O. The van der Waals surface area contributed by atoms with E-state index in [1.165, 1.54) is 31.3 Å². The fourth-order valence-electron chi connectivity index (χ4n) is 7.67. The van der Waals surface area contributed by atoms with E-state index in [2.05, 4.69) is 67.8 Å². The van der Waals surface area contributed by atoms with Crippen LogP contribution in [0.5, 0.6) is 11.6 Å². The third-order valence-corrected chi connectivity index (χ3v) is 10.00. The van der Waals surface area contributed by atoms with Crippen LogP contribution in [0.3, 0.4) is 0 Å². The van der Waals surface area contributed by atoms with E-state index in [0.717, 1.165) is 68.7 Å². The van der Waals surface area contributed by atoms with Gasteiger partial charge < -0.3 is 14.5 Å². The summed E-state index contributed by atoms with van der Waals surface area (Å²) in [7, 11) is 4.41. The first-order chi connectivity index (χ1) is 20.3. The Balaban J connectivity index is 1.08. The Morgan fingerprint density at radius 2 is 1.86 bits per heavy atom. The van der Waals surface area contributed by atoms with Gasteiger partial charge in [0.1, 0.15) is 24.2 Å². The smallest absolute Gasteiger partial charge is 0.282 e. The van der Waals surface area contributed by atoms with E-state index in [0.29, 0.717) is 40.9 Å². The van der Waals surface area contributed by atoms with Crippen molar-refractivity contribution in [2.45, 2.75) is 64.0 Å². The van der Waals surface area contributed by atoms with Crippen molar-refractivity contribution in [2.75, 3.05) is 45.2 Å². The van der Waals surface area contributed by atoms with Gasteiger partial charge in [-0.25, -0.2) is 19.3 Å². The maximum atomic E-state index is 14.5. The summed E-state index contributed by atoms with van der Waals surface area (Å²) < 4.78 is 20.9. The minimum atomic E-state index is -0.338. The number of hydrogen-bond donors (Lipinski definition) is 0. The molecule has 0 amide bonds. The van der Waals surface area contributed by atoms with Crippen LogP contribution in [0.25, 0.3) is 11.1 Å². The highest BCUT2D eigenvalue weighted by Crippen LogP contribution is 2.48. The van der Waals surface area contributed by atoms with Crippen LogP contribution in [0.2, 0.25) is 0 Å². The third kappa shape index (κ3) is 5.13. The number of hydrogen-bond acceptors (Lipinski definition) is 9. The molecule has 2 saturated carbocycles. The lowest BCUT2D eigenvalue weighted by Gasteiger charge is -2.57. The average Bonchev–Trinajstić information content (AvgIpc) is 3.68. The summed E-state index contributed by atoms with van der Waals surface area (Å²) in [6, 6.07) is 5.93. The van der Waals surface area contributed by atoms with Crippen LogP contribution < -0.4 is 9.64 Å². The Morgan fingerprint density at radius 3 is 2.60 bits per heavy atom. The Hall–Kier alpha value is -3.24. The molecule has 2 aliphatic heterocycles. The molecule has 4 aliphatic rings. The maximum Gasteiger partial charge on any atom is 0.282 e. The van der Waals surface area contributed by atoms with Crippen molar-refractivity contribution in [3.05, 3.63) is 48.6 Å². The van der Waals surface area contributed by atoms with Gasteiger partial charge in [-0.2, -0.15) is 0 Å². The normalized spacial score (nSPS) is 24.2. The molecule has 1 spiro atoms. The van der Waals surface area contributed by atoms with Crippen molar-refractivity contribution in [3.63, 3.8) is 0 Å². The first-order valence-electron chi connectivity index (χ1n) is 15.4. The van der Waals surface area contributed by atoms with E-state index in [4.69, 9.17) is 4.74 Å². The third-order valence-electron chi connectivity index (χ3n) is 10.00. The van der Waals surface area contributed by atoms with E-state index in [9.17, 15) is 4.39 Å². The molecule has 1 atom stereocenters. The minimum absolute atomic E-state index is 0.266. The number of rotatable bonds is 9. The molecule has 2 aliphatic carbocycles. The van der Waals surface area contributed by atoms with Crippen LogP contribution in [-0.4, -0.2) is 87.3 Å². The van der Waals surface area contributed by atoms with Gasteiger partial charge in [-0.1, -0.05) is 13.8 Å². The van der Waals surface area contributed by atoms with Gasteiger partial charge >= 0.3 is 0 Å². The highest BCUT2D eigenvalue weighted by atomic mass is 19.1. The summed E-state index contributed by atoms with van der Waals surface area (Å²) in [5, 5.41) is 8.40. The van der Waals surface area contributed by atoms with Crippen LogP contribution in [0.1, 0.15) is 57.6 Å². The lowest BCUT2D eigenvalue weighted by Crippen LogP contribution is -2.65. The van der Waals surface area contributed by atoms with E-state index in [1.54, 1.807) is 18.6 Å². The monoisotopic (exact) mass is 572 g/mol. The van der Waals surface area contributed by atoms with Crippen molar-refractivity contribution in [2.24, 2.45) is 17.3 Å². The number of likely N-dealkylation sites (tertiary alicyclic amines) is 1. The van der Waals surface area contributed by atoms with Crippen LogP contribution >= 0.6 is 0 Å². The second kappa shape index (κ2) is 10.8. The fraction of sp³-hybridized carbons (Fsp3) is 0.594. The molecule has 7 rings (SSSR count). The molecule has 4 heterocycles. The summed E-state index contributed by atoms with van der Waals surface area (Å²) >= 11 is 0. The summed E-state index contributed by atoms with van der Waals surface area (Å²) in [5.74, 6) is 3.01. The van der Waals surface area contributed by atoms with Gasteiger partial charge in [-0.3, -0.25) is 4.90 Å². The van der Waals surface area contributed by atoms with Gasteiger partial charge in [0.15, 0.2) is 5.82 Å². The molecule has 10 heteroatoms. The molecule has 222 valence electrons. The zero-order chi connectivity index (χ0) is 29.0. The maximum absolute atomic E-state index is 14.5. The van der Waals surface area contributed by atoms with Crippen molar-refractivity contribution < 1.29 is 9.13 Å². The Kier molecular flexibility index (Phi) is 7.09. The average molecular weight is 573 g/mol. The Labute approximate surface area is 247 Å². The van der Waals surface area contributed by atoms with Gasteiger partial charge in [-0.15, -0.1) is 10.2 Å². The molecule has 3 aromatic rings. The van der Waals surface area contributed by atoms with E-state index >= 15 is 0 Å². The standard InChI is InChI=1S/C32H41FN8O/c1-20(2)29(22-11-24(12-22)39(3)4)41-16-32(17-41)9-10-40(15-32)30-31(38-37-19-36-30)42-27-8-7-23(33)13-25(27)26-14-34-18-35-28(26)21-5-6-21/h7-8,13-14,18-22,24,29H,5-6,9-12,15-17H2,1-4H3. The second-order valence-corrected chi connectivity index (χ2v) is 13.6. The lowest BCUT2D eigenvalue weighted by atomic mass is 9.68. The van der Waals surface area contributed by atoms with E-state index in [-0.39, 0.29) is 11.2 Å². The number of aromatic nitrogens is 5. The molecule has 0 N–H and O–H groups in total. The molecule has 1 unspecified atom stereocenters. The molecule has 9 nitrogen and oxygen atoms in total. The summed E-state index contributed by atoms with van der Waals surface area (Å²) in [6.45, 7) is 8.84. The van der Waals surface area contributed by atoms with Gasteiger partial charge in [0.05, 0.1) is 5.69 Å². The first kappa shape index (κ1) is 27.6. The van der Waals surface area contributed by atoms with E-state index < -0.39 is 0 Å². The molecule has 2 aromatic heterocycles. The van der Waals surface area contributed by atoms with Gasteiger partial charge in [0.25, 0.3) is 5.88 Å². The summed E-state index contributed by atoms with van der Waals surface area (Å²) in [4.78, 5) is 20.8. The quantitative estimate of drug-likeness (QED) is 0.351. The van der Waals surface area contributed by atoms with Crippen LogP contribution in [0.4, 0.5) is 10.2 Å². The predicted octanol–water partition coefficient (Wildman–Crippen LogP) is 5.01. The highest BCUT2D eigenvalue weighted by molar-refractivity contribution is 5.73. The molecule has 2 saturated heterocycles. The van der Waals surface area contributed by atoms with Crippen LogP contribution in [0, 0.1) is 23.1 Å². The molecule has 42 heavy (non-hydrogen) atoms. The number of halogens is 1. The fourth-order valence-corrected chi connectivity index (χ4v) is 7.67. The molecular weight excluding hydrogens is 531 g/mol. The van der Waals surface area contributed by atoms with E-state index in [1.807, 2.05) is 0 Å². The number of benzene rings is 1. The SMILES string of the molecule is CC(C)C(C1CC(N(C)C)C1)N1CC2(CCN(c3ncnnc3Oc3ccc(F)cc3-c3cncnc3C3CC3)C2)C1. The summed E-state index contributed by atoms with van der Waals surface area (Å²) in [5.41, 5.74) is 2.62. The van der Waals surface area contributed by atoms with Crippen LogP contribution in [-0.2, 0) is 0 Å². The Morgan fingerprint density at radius 1 is 1.05 bits per heavy atom. The first-order valence-corrected chi connectivity index (χ1v) is 15.4. The van der Waals surface area contributed by atoms with Crippen molar-refractivity contribution in [1.29, 1.82) is 0 Å². The van der Waals surface area contributed by atoms with Gasteiger partial charge in [-0.05, 0) is 76.2 Å². The van der Waals surface area contributed by atoms with Crippen LogP contribution in [0.15, 0.2) is 37.1 Å². The zero-order valence-corrected chi connectivity index (χ0v) is 25.1. The highest BCUT2D eigenvalue weighted by Gasteiger charge is 2.53. The van der Waals surface area contributed by atoms with Gasteiger partial charge in [0.2, 0.25) is 0 Å². The number of anilines is 1. The number of ether oxygens (including phenoxy) is 1. The summed E-state index contributed by atoms with van der Waals surface area (Å²) in [6.07, 6.45) is 10.7. The minimum Gasteiger partial charge on any atom is -0.434 e. The van der Waals surface area contributed by atoms with Crippen molar-refractivity contribution in [3.8, 4) is 22.8 Å². The molecule has 4 fully saturated rings. The predicted molar refractivity (Wildman–Crippen MR) is 159 cm³/mol. The molecule has 0 bridgehead atoms. The van der Waals surface area contributed by atoms with Crippen molar-refractivity contribution in [1.82, 2.24) is 34.9 Å². The molecule has 0 radical (unpaired) electrons. The lowest BCUT2D eigenvalue weighted by molar-refractivity contribution is -0.0762. The zero-order valence-electron chi connectivity index (χ0n) is 25.1. The Bertz CT molecular complexity index is 1430.